The van der Waals surface area contributed by atoms with E-state index in [4.69, 9.17) is 13.9 Å². The van der Waals surface area contributed by atoms with E-state index in [1.54, 1.807) is 6.92 Å². The number of benzene rings is 1. The maximum absolute atomic E-state index is 11.8. The van der Waals surface area contributed by atoms with Gasteiger partial charge in [0.15, 0.2) is 11.5 Å². The van der Waals surface area contributed by atoms with Gasteiger partial charge < -0.3 is 19.2 Å². The van der Waals surface area contributed by atoms with E-state index in [1.165, 1.54) is 11.8 Å². The Balaban J connectivity index is 1.47. The third-order valence-corrected chi connectivity index (χ3v) is 3.58. The van der Waals surface area contributed by atoms with Crippen LogP contribution in [0.2, 0.25) is 0 Å². The standard InChI is InChI=1S/C13H13N3O4S/c1-8-15-16-13(20-8)21-6-12(17)14-5-9-2-3-10-11(4-9)19-7-18-10/h2-4H,5-7H2,1H3,(H,14,17). The van der Waals surface area contributed by atoms with Gasteiger partial charge in [-0.15, -0.1) is 10.2 Å². The molecule has 1 aliphatic heterocycles. The number of aromatic nitrogens is 2. The van der Waals surface area contributed by atoms with Crippen LogP contribution in [0.15, 0.2) is 27.8 Å². The first-order valence-corrected chi connectivity index (χ1v) is 7.27. The van der Waals surface area contributed by atoms with Crippen molar-refractivity contribution in [2.45, 2.75) is 18.7 Å². The predicted octanol–water partition coefficient (Wildman–Crippen LogP) is 1.52. The first kappa shape index (κ1) is 13.7. The minimum Gasteiger partial charge on any atom is -0.454 e. The maximum Gasteiger partial charge on any atom is 0.277 e. The maximum atomic E-state index is 11.8. The number of aryl methyl sites for hydroxylation is 1. The lowest BCUT2D eigenvalue weighted by Gasteiger charge is -2.05. The minimum atomic E-state index is -0.103. The molecule has 7 nitrogen and oxygen atoms in total. The van der Waals surface area contributed by atoms with Crippen molar-refractivity contribution < 1.29 is 18.7 Å². The van der Waals surface area contributed by atoms with Gasteiger partial charge in [-0.2, -0.15) is 0 Å². The van der Waals surface area contributed by atoms with Crippen LogP contribution < -0.4 is 14.8 Å². The second kappa shape index (κ2) is 6.04. The molecule has 2 aromatic rings. The van der Waals surface area contributed by atoms with E-state index >= 15 is 0 Å². The predicted molar refractivity (Wildman–Crippen MR) is 74.2 cm³/mol. The second-order valence-electron chi connectivity index (χ2n) is 4.34. The number of nitrogens with zero attached hydrogens (tertiary/aromatic N) is 2. The van der Waals surface area contributed by atoms with E-state index in [9.17, 15) is 4.79 Å². The summed E-state index contributed by atoms with van der Waals surface area (Å²) in [6.45, 7) is 2.38. The van der Waals surface area contributed by atoms with E-state index in [-0.39, 0.29) is 18.5 Å². The third kappa shape index (κ3) is 3.46. The summed E-state index contributed by atoms with van der Waals surface area (Å²) in [5.74, 6) is 2.04. The van der Waals surface area contributed by atoms with E-state index in [0.717, 1.165) is 11.3 Å². The van der Waals surface area contributed by atoms with Crippen LogP contribution in [0.25, 0.3) is 0 Å². The molecule has 1 amide bonds. The molecule has 0 spiro atoms. The molecule has 1 aliphatic rings. The molecule has 1 aromatic heterocycles. The first-order chi connectivity index (χ1) is 10.2. The average molecular weight is 307 g/mol. The van der Waals surface area contributed by atoms with Crippen LogP contribution in [-0.4, -0.2) is 28.7 Å². The fraction of sp³-hybridized carbons (Fsp3) is 0.308. The first-order valence-electron chi connectivity index (χ1n) is 6.29. The van der Waals surface area contributed by atoms with Gasteiger partial charge in [-0.3, -0.25) is 4.79 Å². The SMILES string of the molecule is Cc1nnc(SCC(=O)NCc2ccc3c(c2)OCO3)o1. The van der Waals surface area contributed by atoms with E-state index in [2.05, 4.69) is 15.5 Å². The highest BCUT2D eigenvalue weighted by molar-refractivity contribution is 7.99. The zero-order valence-electron chi connectivity index (χ0n) is 11.3. The summed E-state index contributed by atoms with van der Waals surface area (Å²) in [5, 5.41) is 10.7. The van der Waals surface area contributed by atoms with Gasteiger partial charge in [-0.1, -0.05) is 17.8 Å². The van der Waals surface area contributed by atoms with E-state index in [1.807, 2.05) is 18.2 Å². The number of ether oxygens (including phenoxy) is 2. The molecule has 8 heteroatoms. The van der Waals surface area contributed by atoms with Gasteiger partial charge in [0.25, 0.3) is 5.22 Å². The van der Waals surface area contributed by atoms with Crippen LogP contribution in [0.5, 0.6) is 11.5 Å². The highest BCUT2D eigenvalue weighted by Crippen LogP contribution is 2.32. The van der Waals surface area contributed by atoms with Crippen LogP contribution in [0.3, 0.4) is 0 Å². The molecule has 1 aromatic carbocycles. The zero-order chi connectivity index (χ0) is 14.7. The number of nitrogens with one attached hydrogen (secondary N) is 1. The van der Waals surface area contributed by atoms with Gasteiger partial charge in [0.05, 0.1) is 5.75 Å². The molecule has 0 unspecified atom stereocenters. The lowest BCUT2D eigenvalue weighted by molar-refractivity contribution is -0.118. The Kier molecular flexibility index (Phi) is 3.96. The highest BCUT2D eigenvalue weighted by atomic mass is 32.2. The lowest BCUT2D eigenvalue weighted by Crippen LogP contribution is -2.24. The number of amides is 1. The number of rotatable bonds is 5. The smallest absolute Gasteiger partial charge is 0.277 e. The highest BCUT2D eigenvalue weighted by Gasteiger charge is 2.13. The molecular formula is C13H13N3O4S. The molecule has 0 fully saturated rings. The molecule has 0 saturated carbocycles. The number of carbonyl (C=O) groups excluding carboxylic acids is 1. The van der Waals surface area contributed by atoms with Crippen molar-refractivity contribution in [2.75, 3.05) is 12.5 Å². The number of hydrogen-bond donors (Lipinski definition) is 1. The summed E-state index contributed by atoms with van der Waals surface area (Å²) in [4.78, 5) is 11.8. The summed E-state index contributed by atoms with van der Waals surface area (Å²) >= 11 is 1.21. The second-order valence-corrected chi connectivity index (χ2v) is 5.27. The minimum absolute atomic E-state index is 0.103. The summed E-state index contributed by atoms with van der Waals surface area (Å²) in [7, 11) is 0. The summed E-state index contributed by atoms with van der Waals surface area (Å²) < 4.78 is 15.7. The van der Waals surface area contributed by atoms with Gasteiger partial charge in [0.2, 0.25) is 18.6 Å². The van der Waals surface area contributed by atoms with Crippen molar-refractivity contribution in [2.24, 2.45) is 0 Å². The fourth-order valence-corrected chi connectivity index (χ4v) is 2.40. The molecule has 3 rings (SSSR count). The molecule has 2 heterocycles. The summed E-state index contributed by atoms with van der Waals surface area (Å²) in [5.41, 5.74) is 0.950. The average Bonchev–Trinajstić information content (AvgIpc) is 3.10. The molecule has 0 saturated heterocycles. The zero-order valence-corrected chi connectivity index (χ0v) is 12.1. The Labute approximate surface area is 125 Å². The van der Waals surface area contributed by atoms with Crippen LogP contribution in [0.1, 0.15) is 11.5 Å². The number of thioether (sulfide) groups is 1. The van der Waals surface area contributed by atoms with Gasteiger partial charge in [0, 0.05) is 13.5 Å². The van der Waals surface area contributed by atoms with Crippen LogP contribution in [-0.2, 0) is 11.3 Å². The molecular weight excluding hydrogens is 294 g/mol. The molecule has 21 heavy (non-hydrogen) atoms. The molecule has 110 valence electrons. The van der Waals surface area contributed by atoms with Crippen LogP contribution in [0.4, 0.5) is 0 Å². The number of hydrogen-bond acceptors (Lipinski definition) is 7. The third-order valence-electron chi connectivity index (χ3n) is 2.76. The van der Waals surface area contributed by atoms with Crippen molar-refractivity contribution in [1.82, 2.24) is 15.5 Å². The number of fused-ring (bicyclic) bond motifs is 1. The Bertz CT molecular complexity index is 659. The van der Waals surface area contributed by atoms with Crippen LogP contribution in [0, 0.1) is 6.92 Å². The van der Waals surface area contributed by atoms with Crippen LogP contribution >= 0.6 is 11.8 Å². The van der Waals surface area contributed by atoms with Gasteiger partial charge in [0.1, 0.15) is 0 Å². The topological polar surface area (TPSA) is 86.5 Å². The van der Waals surface area contributed by atoms with E-state index < -0.39 is 0 Å². The van der Waals surface area contributed by atoms with Gasteiger partial charge >= 0.3 is 0 Å². The van der Waals surface area contributed by atoms with Crippen molar-refractivity contribution in [1.29, 1.82) is 0 Å². The molecule has 0 aliphatic carbocycles. The van der Waals surface area contributed by atoms with Crippen molar-refractivity contribution in [3.05, 3.63) is 29.7 Å². The quantitative estimate of drug-likeness (QED) is 0.838. The Morgan fingerprint density at radius 1 is 1.33 bits per heavy atom. The molecule has 0 bridgehead atoms. The van der Waals surface area contributed by atoms with Crippen molar-refractivity contribution in [3.63, 3.8) is 0 Å². The summed E-state index contributed by atoms with van der Waals surface area (Å²) in [6.07, 6.45) is 0. The molecule has 0 radical (unpaired) electrons. The fourth-order valence-electron chi connectivity index (χ4n) is 1.77. The molecule has 0 atom stereocenters. The number of carbonyl (C=O) groups is 1. The monoisotopic (exact) mass is 307 g/mol. The van der Waals surface area contributed by atoms with Gasteiger partial charge in [-0.25, -0.2) is 0 Å². The lowest BCUT2D eigenvalue weighted by atomic mass is 10.2. The van der Waals surface area contributed by atoms with Crippen molar-refractivity contribution >= 4 is 17.7 Å². The van der Waals surface area contributed by atoms with Crippen molar-refractivity contribution in [3.8, 4) is 11.5 Å². The Hall–Kier alpha value is -2.22. The largest absolute Gasteiger partial charge is 0.454 e. The molecule has 1 N–H and O–H groups in total. The summed E-state index contributed by atoms with van der Waals surface area (Å²) in [6, 6.07) is 5.58. The Morgan fingerprint density at radius 2 is 2.19 bits per heavy atom. The van der Waals surface area contributed by atoms with Gasteiger partial charge in [-0.05, 0) is 17.7 Å². The Morgan fingerprint density at radius 3 is 3.00 bits per heavy atom. The normalized spacial score (nSPS) is 12.4. The van der Waals surface area contributed by atoms with E-state index in [0.29, 0.717) is 23.4 Å².